The van der Waals surface area contributed by atoms with Crippen molar-refractivity contribution in [1.82, 2.24) is 9.80 Å². The van der Waals surface area contributed by atoms with Gasteiger partial charge in [-0.1, -0.05) is 32.1 Å². The first kappa shape index (κ1) is 14.6. The van der Waals surface area contributed by atoms with Gasteiger partial charge in [0.25, 0.3) is 0 Å². The molecule has 2 rings (SSSR count). The number of hydrogen-bond donors (Lipinski definition) is 0. The van der Waals surface area contributed by atoms with Gasteiger partial charge in [0, 0.05) is 32.6 Å². The SMILES string of the molecule is O=C(Cl)N1CCN(C(=O)CCC2CCCCC2)CC1. The molecule has 1 heterocycles. The number of carbonyl (C=O) groups excluding carboxylic acids is 2. The number of carbonyl (C=O) groups is 2. The highest BCUT2D eigenvalue weighted by Crippen LogP contribution is 2.27. The van der Waals surface area contributed by atoms with E-state index in [2.05, 4.69) is 0 Å². The zero-order chi connectivity index (χ0) is 13.7. The maximum Gasteiger partial charge on any atom is 0.316 e. The molecule has 1 aliphatic heterocycles. The fourth-order valence-electron chi connectivity index (χ4n) is 3.09. The Hall–Kier alpha value is -0.770. The summed E-state index contributed by atoms with van der Waals surface area (Å²) in [5, 5.41) is -0.408. The molecule has 0 radical (unpaired) electrons. The Morgan fingerprint density at radius 3 is 2.11 bits per heavy atom. The van der Waals surface area contributed by atoms with Gasteiger partial charge in [0.15, 0.2) is 0 Å². The van der Waals surface area contributed by atoms with Gasteiger partial charge in [-0.15, -0.1) is 0 Å². The largest absolute Gasteiger partial charge is 0.339 e. The molecule has 0 atom stereocenters. The molecule has 1 saturated carbocycles. The summed E-state index contributed by atoms with van der Waals surface area (Å²) in [5.41, 5.74) is 0. The van der Waals surface area contributed by atoms with Crippen molar-refractivity contribution in [3.8, 4) is 0 Å². The molecule has 1 aliphatic carbocycles. The molecule has 0 aromatic rings. The maximum absolute atomic E-state index is 12.1. The van der Waals surface area contributed by atoms with E-state index in [4.69, 9.17) is 11.6 Å². The highest BCUT2D eigenvalue weighted by Gasteiger charge is 2.23. The quantitative estimate of drug-likeness (QED) is 0.591. The molecule has 0 aromatic heterocycles. The number of halogens is 1. The van der Waals surface area contributed by atoms with Gasteiger partial charge in [-0.2, -0.15) is 0 Å². The second-order valence-corrected chi connectivity index (χ2v) is 5.99. The Bertz CT molecular complexity index is 321. The van der Waals surface area contributed by atoms with E-state index in [1.165, 1.54) is 32.1 Å². The first-order valence-electron chi connectivity index (χ1n) is 7.39. The van der Waals surface area contributed by atoms with E-state index in [-0.39, 0.29) is 5.91 Å². The molecule has 0 spiro atoms. The topological polar surface area (TPSA) is 40.6 Å². The second-order valence-electron chi connectivity index (χ2n) is 5.66. The van der Waals surface area contributed by atoms with Crippen LogP contribution in [0.5, 0.6) is 0 Å². The highest BCUT2D eigenvalue weighted by atomic mass is 35.5. The van der Waals surface area contributed by atoms with Gasteiger partial charge in [0.1, 0.15) is 0 Å². The lowest BCUT2D eigenvalue weighted by Gasteiger charge is -2.34. The van der Waals surface area contributed by atoms with Crippen LogP contribution in [0, 0.1) is 5.92 Å². The van der Waals surface area contributed by atoms with E-state index < -0.39 is 5.37 Å². The van der Waals surface area contributed by atoms with Crippen LogP contribution in [0.15, 0.2) is 0 Å². The maximum atomic E-state index is 12.1. The van der Waals surface area contributed by atoms with Gasteiger partial charge < -0.3 is 9.80 Å². The van der Waals surface area contributed by atoms with Crippen molar-refractivity contribution in [3.05, 3.63) is 0 Å². The molecule has 2 amide bonds. The molecule has 108 valence electrons. The summed E-state index contributed by atoms with van der Waals surface area (Å²) in [5.74, 6) is 0.996. The van der Waals surface area contributed by atoms with Crippen molar-refractivity contribution in [2.45, 2.75) is 44.9 Å². The third-order valence-corrected chi connectivity index (χ3v) is 4.61. The van der Waals surface area contributed by atoms with Gasteiger partial charge in [-0.25, -0.2) is 0 Å². The monoisotopic (exact) mass is 286 g/mol. The lowest BCUT2D eigenvalue weighted by molar-refractivity contribution is -0.132. The van der Waals surface area contributed by atoms with E-state index in [0.29, 0.717) is 32.6 Å². The Kier molecular flexibility index (Phi) is 5.49. The molecule has 0 aromatic carbocycles. The van der Waals surface area contributed by atoms with Crippen molar-refractivity contribution >= 4 is 22.9 Å². The van der Waals surface area contributed by atoms with Gasteiger partial charge in [0.05, 0.1) is 0 Å². The highest BCUT2D eigenvalue weighted by molar-refractivity contribution is 6.62. The minimum absolute atomic E-state index is 0.243. The van der Waals surface area contributed by atoms with E-state index in [1.807, 2.05) is 4.90 Å². The van der Waals surface area contributed by atoms with Crippen LogP contribution in [0.2, 0.25) is 0 Å². The molecule has 19 heavy (non-hydrogen) atoms. The van der Waals surface area contributed by atoms with Gasteiger partial charge in [-0.05, 0) is 23.9 Å². The Labute approximate surface area is 120 Å². The minimum Gasteiger partial charge on any atom is -0.339 e. The lowest BCUT2D eigenvalue weighted by atomic mass is 9.86. The summed E-state index contributed by atoms with van der Waals surface area (Å²) in [6.45, 7) is 2.39. The zero-order valence-electron chi connectivity index (χ0n) is 11.4. The fourth-order valence-corrected chi connectivity index (χ4v) is 3.26. The first-order chi connectivity index (χ1) is 9.16. The van der Waals surface area contributed by atoms with E-state index in [0.717, 1.165) is 12.3 Å². The average molecular weight is 287 g/mol. The number of nitrogens with zero attached hydrogens (tertiary/aromatic N) is 2. The minimum atomic E-state index is -0.408. The average Bonchev–Trinajstić information content (AvgIpc) is 2.46. The van der Waals surface area contributed by atoms with Crippen LogP contribution in [0.1, 0.15) is 44.9 Å². The molecule has 2 fully saturated rings. The third kappa shape index (κ3) is 4.37. The lowest BCUT2D eigenvalue weighted by Crippen LogP contribution is -2.49. The predicted octanol–water partition coefficient (Wildman–Crippen LogP) is 2.85. The van der Waals surface area contributed by atoms with Crippen LogP contribution in [0.3, 0.4) is 0 Å². The normalized spacial score (nSPS) is 21.5. The van der Waals surface area contributed by atoms with Gasteiger partial charge in [0.2, 0.25) is 5.91 Å². The van der Waals surface area contributed by atoms with E-state index in [1.54, 1.807) is 4.90 Å². The second kappa shape index (κ2) is 7.13. The summed E-state index contributed by atoms with van der Waals surface area (Å²) < 4.78 is 0. The number of hydrogen-bond acceptors (Lipinski definition) is 2. The smallest absolute Gasteiger partial charge is 0.316 e. The van der Waals surface area contributed by atoms with E-state index >= 15 is 0 Å². The molecule has 4 nitrogen and oxygen atoms in total. The fraction of sp³-hybridized carbons (Fsp3) is 0.857. The molecular weight excluding hydrogens is 264 g/mol. The summed E-state index contributed by atoms with van der Waals surface area (Å²) in [6.07, 6.45) is 8.31. The Morgan fingerprint density at radius 2 is 1.53 bits per heavy atom. The van der Waals surface area contributed by atoms with Crippen molar-refractivity contribution < 1.29 is 9.59 Å². The molecule has 0 bridgehead atoms. The van der Waals surface area contributed by atoms with Crippen LogP contribution in [-0.4, -0.2) is 47.3 Å². The van der Waals surface area contributed by atoms with Crippen molar-refractivity contribution in [2.75, 3.05) is 26.2 Å². The van der Waals surface area contributed by atoms with E-state index in [9.17, 15) is 9.59 Å². The first-order valence-corrected chi connectivity index (χ1v) is 7.77. The summed E-state index contributed by atoms with van der Waals surface area (Å²) >= 11 is 5.43. The van der Waals surface area contributed by atoms with Crippen LogP contribution < -0.4 is 0 Å². The van der Waals surface area contributed by atoms with Crippen LogP contribution in [0.4, 0.5) is 4.79 Å². The van der Waals surface area contributed by atoms with Gasteiger partial charge in [-0.3, -0.25) is 9.59 Å². The van der Waals surface area contributed by atoms with Crippen molar-refractivity contribution in [2.24, 2.45) is 5.92 Å². The number of amides is 2. The number of rotatable bonds is 3. The number of piperazine rings is 1. The van der Waals surface area contributed by atoms with Crippen LogP contribution in [-0.2, 0) is 4.79 Å². The Balaban J connectivity index is 1.67. The van der Waals surface area contributed by atoms with Crippen LogP contribution in [0.25, 0.3) is 0 Å². The van der Waals surface area contributed by atoms with Gasteiger partial charge >= 0.3 is 5.37 Å². The molecular formula is C14H23ClN2O2. The summed E-state index contributed by atoms with van der Waals surface area (Å²) in [4.78, 5) is 26.6. The standard InChI is InChI=1S/C14H23ClN2O2/c15-14(19)17-10-8-16(9-11-17)13(18)7-6-12-4-2-1-3-5-12/h12H,1-11H2. The summed E-state index contributed by atoms with van der Waals surface area (Å²) in [6, 6.07) is 0. The molecule has 0 unspecified atom stereocenters. The molecule has 5 heteroatoms. The Morgan fingerprint density at radius 1 is 0.947 bits per heavy atom. The third-order valence-electron chi connectivity index (χ3n) is 4.37. The zero-order valence-corrected chi connectivity index (χ0v) is 12.2. The van der Waals surface area contributed by atoms with Crippen molar-refractivity contribution in [1.29, 1.82) is 0 Å². The molecule has 1 saturated heterocycles. The predicted molar refractivity (Wildman–Crippen MR) is 75.2 cm³/mol. The molecule has 2 aliphatic rings. The summed E-state index contributed by atoms with van der Waals surface area (Å²) in [7, 11) is 0. The molecule has 0 N–H and O–H groups in total. The van der Waals surface area contributed by atoms with Crippen LogP contribution >= 0.6 is 11.6 Å². The van der Waals surface area contributed by atoms with Crippen molar-refractivity contribution in [3.63, 3.8) is 0 Å².